The Labute approximate surface area is 141 Å². The van der Waals surface area contributed by atoms with E-state index in [-0.39, 0.29) is 24.3 Å². The number of cyclic esters (lactones) is 2. The van der Waals surface area contributed by atoms with Crippen LogP contribution in [0.3, 0.4) is 0 Å². The standard InChI is InChI=1S/C20H34O3/c1-2-3-4-5-6-7-8-9-10-11-12-13-14-15-16-18-17-19(21)23-20(18)22/h14-15,18H,2-13,16-17H2,1H3/b15-14+. The van der Waals surface area contributed by atoms with E-state index in [9.17, 15) is 9.59 Å². The average Bonchev–Trinajstić information content (AvgIpc) is 2.85. The van der Waals surface area contributed by atoms with E-state index in [0.717, 1.165) is 6.42 Å². The van der Waals surface area contributed by atoms with Gasteiger partial charge in [0.2, 0.25) is 0 Å². The van der Waals surface area contributed by atoms with E-state index in [2.05, 4.69) is 17.7 Å². The summed E-state index contributed by atoms with van der Waals surface area (Å²) in [6.45, 7) is 2.26. The molecule has 1 heterocycles. The van der Waals surface area contributed by atoms with Crippen molar-refractivity contribution in [1.82, 2.24) is 0 Å². The lowest BCUT2D eigenvalue weighted by Crippen LogP contribution is -2.05. The van der Waals surface area contributed by atoms with Crippen LogP contribution in [0.4, 0.5) is 0 Å². The van der Waals surface area contributed by atoms with Gasteiger partial charge in [-0.15, -0.1) is 0 Å². The minimum atomic E-state index is -0.376. The largest absolute Gasteiger partial charge is 0.393 e. The van der Waals surface area contributed by atoms with Gasteiger partial charge >= 0.3 is 11.9 Å². The number of allylic oxidation sites excluding steroid dienone is 2. The highest BCUT2D eigenvalue weighted by Gasteiger charge is 2.31. The van der Waals surface area contributed by atoms with Crippen LogP contribution in [0.25, 0.3) is 0 Å². The lowest BCUT2D eigenvalue weighted by molar-refractivity contribution is -0.153. The molecule has 0 aromatic heterocycles. The number of esters is 2. The molecule has 3 heteroatoms. The summed E-state index contributed by atoms with van der Waals surface area (Å²) in [6.07, 6.45) is 21.1. The molecular formula is C20H34O3. The number of carbonyl (C=O) groups is 2. The van der Waals surface area contributed by atoms with E-state index in [0.29, 0.717) is 6.42 Å². The molecule has 0 aliphatic carbocycles. The van der Waals surface area contributed by atoms with Gasteiger partial charge in [0.05, 0.1) is 12.3 Å². The molecule has 0 saturated carbocycles. The molecule has 1 rings (SSSR count). The Morgan fingerprint density at radius 2 is 1.43 bits per heavy atom. The molecule has 1 unspecified atom stereocenters. The fraction of sp³-hybridized carbons (Fsp3) is 0.800. The molecule has 1 atom stereocenters. The monoisotopic (exact) mass is 322 g/mol. The van der Waals surface area contributed by atoms with Crippen molar-refractivity contribution in [3.8, 4) is 0 Å². The summed E-state index contributed by atoms with van der Waals surface area (Å²) in [5, 5.41) is 0. The Morgan fingerprint density at radius 3 is 1.96 bits per heavy atom. The third kappa shape index (κ3) is 10.3. The molecular weight excluding hydrogens is 288 g/mol. The molecule has 0 N–H and O–H groups in total. The summed E-state index contributed by atoms with van der Waals surface area (Å²) in [4.78, 5) is 22.2. The highest BCUT2D eigenvalue weighted by molar-refractivity contribution is 5.94. The molecule has 1 aliphatic heterocycles. The van der Waals surface area contributed by atoms with Crippen LogP contribution in [0, 0.1) is 5.92 Å². The van der Waals surface area contributed by atoms with Crippen LogP contribution < -0.4 is 0 Å². The Hall–Kier alpha value is -1.12. The minimum Gasteiger partial charge on any atom is -0.393 e. The fourth-order valence-electron chi connectivity index (χ4n) is 3.01. The number of unbranched alkanes of at least 4 members (excludes halogenated alkanes) is 11. The van der Waals surface area contributed by atoms with Crippen molar-refractivity contribution in [1.29, 1.82) is 0 Å². The van der Waals surface area contributed by atoms with Crippen molar-refractivity contribution in [3.05, 3.63) is 12.2 Å². The van der Waals surface area contributed by atoms with Gasteiger partial charge in [-0.05, 0) is 19.3 Å². The molecule has 0 bridgehead atoms. The molecule has 0 radical (unpaired) electrons. The van der Waals surface area contributed by atoms with E-state index in [1.54, 1.807) is 0 Å². The van der Waals surface area contributed by atoms with Crippen LogP contribution in [0.5, 0.6) is 0 Å². The van der Waals surface area contributed by atoms with Crippen molar-refractivity contribution in [2.75, 3.05) is 0 Å². The van der Waals surface area contributed by atoms with Crippen LogP contribution in [0.15, 0.2) is 12.2 Å². The topological polar surface area (TPSA) is 43.4 Å². The van der Waals surface area contributed by atoms with Crippen molar-refractivity contribution < 1.29 is 14.3 Å². The predicted octanol–water partition coefficient (Wildman–Crippen LogP) is 5.72. The van der Waals surface area contributed by atoms with Gasteiger partial charge in [-0.1, -0.05) is 83.3 Å². The molecule has 23 heavy (non-hydrogen) atoms. The number of ether oxygens (including phenoxy) is 1. The second-order valence-electron chi connectivity index (χ2n) is 6.73. The van der Waals surface area contributed by atoms with Gasteiger partial charge in [0.1, 0.15) is 0 Å². The van der Waals surface area contributed by atoms with E-state index in [4.69, 9.17) is 0 Å². The van der Waals surface area contributed by atoms with Crippen molar-refractivity contribution in [2.45, 2.75) is 96.8 Å². The Balaban J connectivity index is 1.82. The van der Waals surface area contributed by atoms with Gasteiger partial charge in [0.25, 0.3) is 0 Å². The number of hydrogen-bond donors (Lipinski definition) is 0. The average molecular weight is 322 g/mol. The first-order valence-electron chi connectivity index (χ1n) is 9.63. The zero-order valence-corrected chi connectivity index (χ0v) is 14.9. The Kier molecular flexibility index (Phi) is 11.5. The quantitative estimate of drug-likeness (QED) is 0.178. The van der Waals surface area contributed by atoms with E-state index in [1.807, 2.05) is 6.08 Å². The summed E-state index contributed by atoms with van der Waals surface area (Å²) < 4.78 is 4.53. The molecule has 0 spiro atoms. The molecule has 1 aliphatic rings. The molecule has 3 nitrogen and oxygen atoms in total. The van der Waals surface area contributed by atoms with Crippen LogP contribution in [0.2, 0.25) is 0 Å². The van der Waals surface area contributed by atoms with Gasteiger partial charge in [-0.25, -0.2) is 0 Å². The third-order valence-corrected chi connectivity index (χ3v) is 4.52. The maximum atomic E-state index is 11.3. The van der Waals surface area contributed by atoms with Crippen molar-refractivity contribution in [2.24, 2.45) is 5.92 Å². The summed E-state index contributed by atoms with van der Waals surface area (Å²) in [6, 6.07) is 0. The van der Waals surface area contributed by atoms with Crippen LogP contribution in [-0.4, -0.2) is 11.9 Å². The lowest BCUT2D eigenvalue weighted by atomic mass is 10.0. The summed E-state index contributed by atoms with van der Waals surface area (Å²) in [5.41, 5.74) is 0. The maximum Gasteiger partial charge on any atom is 0.317 e. The number of rotatable bonds is 14. The summed E-state index contributed by atoms with van der Waals surface area (Å²) >= 11 is 0. The van der Waals surface area contributed by atoms with Crippen LogP contribution >= 0.6 is 0 Å². The highest BCUT2D eigenvalue weighted by atomic mass is 16.6. The van der Waals surface area contributed by atoms with Gasteiger partial charge in [0.15, 0.2) is 0 Å². The molecule has 132 valence electrons. The van der Waals surface area contributed by atoms with Crippen molar-refractivity contribution in [3.63, 3.8) is 0 Å². The predicted molar refractivity (Wildman–Crippen MR) is 94.0 cm³/mol. The van der Waals surface area contributed by atoms with Gasteiger partial charge in [-0.3, -0.25) is 9.59 Å². The molecule has 0 aromatic rings. The first-order valence-corrected chi connectivity index (χ1v) is 9.63. The van der Waals surface area contributed by atoms with Gasteiger partial charge < -0.3 is 4.74 Å². The SMILES string of the molecule is CCCCCCCCCCCCC/C=C/CC1CC(=O)OC1=O. The zero-order chi connectivity index (χ0) is 16.8. The van der Waals surface area contributed by atoms with Gasteiger partial charge in [0, 0.05) is 0 Å². The van der Waals surface area contributed by atoms with Crippen molar-refractivity contribution >= 4 is 11.9 Å². The highest BCUT2D eigenvalue weighted by Crippen LogP contribution is 2.20. The minimum absolute atomic E-state index is 0.240. The van der Waals surface area contributed by atoms with Gasteiger partial charge in [-0.2, -0.15) is 0 Å². The molecule has 0 amide bonds. The summed E-state index contributed by atoms with van der Waals surface area (Å²) in [7, 11) is 0. The van der Waals surface area contributed by atoms with E-state index >= 15 is 0 Å². The smallest absolute Gasteiger partial charge is 0.317 e. The first-order chi connectivity index (χ1) is 11.2. The van der Waals surface area contributed by atoms with Crippen LogP contribution in [0.1, 0.15) is 96.8 Å². The van der Waals surface area contributed by atoms with Crippen LogP contribution in [-0.2, 0) is 14.3 Å². The third-order valence-electron chi connectivity index (χ3n) is 4.52. The molecule has 0 aromatic carbocycles. The second kappa shape index (κ2) is 13.3. The Morgan fingerprint density at radius 1 is 0.870 bits per heavy atom. The normalized spacial score (nSPS) is 18.0. The zero-order valence-electron chi connectivity index (χ0n) is 14.9. The first kappa shape index (κ1) is 19.9. The lowest BCUT2D eigenvalue weighted by Gasteiger charge is -2.02. The van der Waals surface area contributed by atoms with E-state index < -0.39 is 0 Å². The second-order valence-corrected chi connectivity index (χ2v) is 6.73. The molecule has 1 fully saturated rings. The maximum absolute atomic E-state index is 11.3. The Bertz CT molecular complexity index is 360. The summed E-state index contributed by atoms with van der Waals surface area (Å²) in [5.74, 6) is -0.968. The number of carbonyl (C=O) groups excluding carboxylic acids is 2. The fourth-order valence-corrected chi connectivity index (χ4v) is 3.01. The van der Waals surface area contributed by atoms with E-state index in [1.165, 1.54) is 70.6 Å². The number of hydrogen-bond acceptors (Lipinski definition) is 3. The molecule has 1 saturated heterocycles.